The maximum Gasteiger partial charge on any atom is 0.416 e. The summed E-state index contributed by atoms with van der Waals surface area (Å²) in [7, 11) is 0. The summed E-state index contributed by atoms with van der Waals surface area (Å²) in [6.45, 7) is 0.447. The van der Waals surface area contributed by atoms with Gasteiger partial charge in [0.05, 0.1) is 17.7 Å². The molecule has 5 nitrogen and oxygen atoms in total. The first-order valence-electron chi connectivity index (χ1n) is 6.36. The van der Waals surface area contributed by atoms with Crippen LogP contribution in [0.4, 0.5) is 13.2 Å². The monoisotopic (exact) mass is 299 g/mol. The van der Waals surface area contributed by atoms with Crippen LogP contribution in [0.2, 0.25) is 0 Å². The van der Waals surface area contributed by atoms with Gasteiger partial charge in [-0.05, 0) is 18.6 Å². The second-order valence-corrected chi connectivity index (χ2v) is 4.88. The van der Waals surface area contributed by atoms with Crippen molar-refractivity contribution in [2.75, 3.05) is 6.54 Å². The molecule has 1 aromatic carbocycles. The Kier molecular flexibility index (Phi) is 3.42. The fourth-order valence-electron chi connectivity index (χ4n) is 2.21. The molecule has 0 amide bonds. The summed E-state index contributed by atoms with van der Waals surface area (Å²) in [5, 5.41) is 16.2. The Hall–Kier alpha value is -1.93. The lowest BCUT2D eigenvalue weighted by Gasteiger charge is -2.05. The average molecular weight is 299 g/mol. The van der Waals surface area contributed by atoms with E-state index in [1.807, 2.05) is 0 Å². The number of nitrogens with zero attached hydrogens (tertiary/aromatic N) is 2. The van der Waals surface area contributed by atoms with Crippen molar-refractivity contribution in [1.29, 1.82) is 0 Å². The van der Waals surface area contributed by atoms with E-state index < -0.39 is 17.8 Å². The minimum atomic E-state index is -4.37. The Morgan fingerprint density at radius 1 is 1.24 bits per heavy atom. The van der Waals surface area contributed by atoms with Crippen LogP contribution in [0.1, 0.15) is 23.9 Å². The third-order valence-electron chi connectivity index (χ3n) is 3.32. The van der Waals surface area contributed by atoms with Crippen molar-refractivity contribution in [2.24, 2.45) is 0 Å². The van der Waals surface area contributed by atoms with Crippen LogP contribution in [-0.2, 0) is 6.18 Å². The van der Waals surface area contributed by atoms with E-state index in [2.05, 4.69) is 15.5 Å². The number of hydrogen-bond acceptors (Lipinski definition) is 5. The van der Waals surface area contributed by atoms with Crippen molar-refractivity contribution >= 4 is 0 Å². The second kappa shape index (κ2) is 5.12. The summed E-state index contributed by atoms with van der Waals surface area (Å²) in [5.74, 6) is 0.545. The van der Waals surface area contributed by atoms with Crippen LogP contribution in [0.5, 0.6) is 0 Å². The van der Waals surface area contributed by atoms with Gasteiger partial charge < -0.3 is 14.9 Å². The lowest BCUT2D eigenvalue weighted by Crippen LogP contribution is -2.15. The van der Waals surface area contributed by atoms with Gasteiger partial charge in [0.2, 0.25) is 11.7 Å². The molecule has 3 rings (SSSR count). The van der Waals surface area contributed by atoms with Crippen molar-refractivity contribution in [3.63, 3.8) is 0 Å². The molecular formula is C13H12F3N3O2. The molecule has 8 heteroatoms. The van der Waals surface area contributed by atoms with Crippen LogP contribution in [0, 0.1) is 0 Å². The largest absolute Gasteiger partial charge is 0.416 e. The zero-order chi connectivity index (χ0) is 15.0. The quantitative estimate of drug-likeness (QED) is 0.889. The standard InChI is InChI=1S/C13H12F3N3O2/c14-13(15,16)8-3-1-7(2-4-8)11-18-12(21-19-11)10-5-9(20)6-17-10/h1-4,9-10,17,20H,5-6H2. The molecule has 2 aromatic rings. The molecule has 112 valence electrons. The van der Waals surface area contributed by atoms with Crippen LogP contribution in [0.25, 0.3) is 11.4 Å². The SMILES string of the molecule is OC1CNC(c2nc(-c3ccc(C(F)(F)F)cc3)no2)C1. The van der Waals surface area contributed by atoms with Crippen LogP contribution in [0.15, 0.2) is 28.8 Å². The summed E-state index contributed by atoms with van der Waals surface area (Å²) in [4.78, 5) is 4.16. The molecule has 1 aliphatic rings. The molecule has 21 heavy (non-hydrogen) atoms. The summed E-state index contributed by atoms with van der Waals surface area (Å²) in [6, 6.07) is 4.32. The van der Waals surface area contributed by atoms with Crippen molar-refractivity contribution < 1.29 is 22.8 Å². The number of halogens is 3. The van der Waals surface area contributed by atoms with E-state index in [-0.39, 0.29) is 11.9 Å². The summed E-state index contributed by atoms with van der Waals surface area (Å²) in [6.07, 6.45) is -4.36. The number of rotatable bonds is 2. The van der Waals surface area contributed by atoms with Gasteiger partial charge in [0, 0.05) is 12.1 Å². The molecule has 2 unspecified atom stereocenters. The predicted octanol–water partition coefficient (Wildman–Crippen LogP) is 2.15. The van der Waals surface area contributed by atoms with E-state index in [1.165, 1.54) is 12.1 Å². The minimum absolute atomic E-state index is 0.224. The van der Waals surface area contributed by atoms with E-state index in [9.17, 15) is 18.3 Å². The number of aliphatic hydroxyl groups excluding tert-OH is 1. The average Bonchev–Trinajstić information content (AvgIpc) is 3.06. The van der Waals surface area contributed by atoms with E-state index in [0.717, 1.165) is 12.1 Å². The van der Waals surface area contributed by atoms with Gasteiger partial charge in [0.25, 0.3) is 0 Å². The highest BCUT2D eigenvalue weighted by Gasteiger charge is 2.31. The highest BCUT2D eigenvalue weighted by Crippen LogP contribution is 2.31. The summed E-state index contributed by atoms with van der Waals surface area (Å²) < 4.78 is 42.5. The first-order valence-corrected chi connectivity index (χ1v) is 6.36. The summed E-state index contributed by atoms with van der Waals surface area (Å²) in [5.41, 5.74) is -0.285. The molecule has 2 heterocycles. The first-order chi connectivity index (χ1) is 9.93. The molecule has 1 fully saturated rings. The second-order valence-electron chi connectivity index (χ2n) is 4.88. The van der Waals surface area contributed by atoms with E-state index >= 15 is 0 Å². The topological polar surface area (TPSA) is 71.2 Å². The maximum atomic E-state index is 12.5. The van der Waals surface area contributed by atoms with Crippen LogP contribution in [-0.4, -0.2) is 27.9 Å². The molecule has 1 aromatic heterocycles. The Morgan fingerprint density at radius 3 is 2.52 bits per heavy atom. The van der Waals surface area contributed by atoms with Crippen molar-refractivity contribution in [3.8, 4) is 11.4 Å². The zero-order valence-corrected chi connectivity index (χ0v) is 10.8. The molecule has 2 atom stereocenters. The number of benzene rings is 1. The molecule has 1 saturated heterocycles. The maximum absolute atomic E-state index is 12.5. The highest BCUT2D eigenvalue weighted by molar-refractivity contribution is 5.54. The lowest BCUT2D eigenvalue weighted by molar-refractivity contribution is -0.137. The van der Waals surface area contributed by atoms with E-state index in [0.29, 0.717) is 24.4 Å². The Labute approximate surface area is 117 Å². The number of aliphatic hydroxyl groups is 1. The van der Waals surface area contributed by atoms with Gasteiger partial charge in [-0.25, -0.2) is 0 Å². The molecule has 0 aliphatic carbocycles. The molecule has 0 saturated carbocycles. The molecule has 2 N–H and O–H groups in total. The van der Waals surface area contributed by atoms with E-state index in [1.54, 1.807) is 0 Å². The van der Waals surface area contributed by atoms with E-state index in [4.69, 9.17) is 4.52 Å². The van der Waals surface area contributed by atoms with Crippen molar-refractivity contribution in [2.45, 2.75) is 24.7 Å². The smallest absolute Gasteiger partial charge is 0.392 e. The van der Waals surface area contributed by atoms with Gasteiger partial charge in [-0.15, -0.1) is 0 Å². The van der Waals surface area contributed by atoms with Gasteiger partial charge in [-0.2, -0.15) is 18.2 Å². The third kappa shape index (κ3) is 2.91. The molecule has 0 spiro atoms. The molecule has 0 bridgehead atoms. The molecule has 1 aliphatic heterocycles. The number of hydrogen-bond donors (Lipinski definition) is 2. The predicted molar refractivity (Wildman–Crippen MR) is 66.1 cm³/mol. The minimum Gasteiger partial charge on any atom is -0.392 e. The first kappa shape index (κ1) is 14.0. The van der Waals surface area contributed by atoms with Gasteiger partial charge in [-0.1, -0.05) is 17.3 Å². The number of alkyl halides is 3. The van der Waals surface area contributed by atoms with Crippen LogP contribution >= 0.6 is 0 Å². The van der Waals surface area contributed by atoms with Gasteiger partial charge in [-0.3, -0.25) is 0 Å². The Bertz CT molecular complexity index is 624. The fraction of sp³-hybridized carbons (Fsp3) is 0.385. The molecule has 0 radical (unpaired) electrons. The Morgan fingerprint density at radius 2 is 1.95 bits per heavy atom. The number of aromatic nitrogens is 2. The lowest BCUT2D eigenvalue weighted by atomic mass is 10.1. The van der Waals surface area contributed by atoms with Crippen molar-refractivity contribution in [3.05, 3.63) is 35.7 Å². The van der Waals surface area contributed by atoms with Gasteiger partial charge in [0.1, 0.15) is 0 Å². The van der Waals surface area contributed by atoms with Crippen molar-refractivity contribution in [1.82, 2.24) is 15.5 Å². The number of β-amino-alcohol motifs (C(OH)–C–C–N with tert-alkyl or cyclic N) is 1. The molecular weight excluding hydrogens is 287 g/mol. The fourth-order valence-corrected chi connectivity index (χ4v) is 2.21. The van der Waals surface area contributed by atoms with Crippen LogP contribution < -0.4 is 5.32 Å². The normalized spacial score (nSPS) is 22.7. The van der Waals surface area contributed by atoms with Crippen LogP contribution in [0.3, 0.4) is 0 Å². The van der Waals surface area contributed by atoms with Gasteiger partial charge in [0.15, 0.2) is 0 Å². The number of nitrogens with one attached hydrogen (secondary N) is 1. The van der Waals surface area contributed by atoms with Gasteiger partial charge >= 0.3 is 6.18 Å². The zero-order valence-electron chi connectivity index (χ0n) is 10.8. The summed E-state index contributed by atoms with van der Waals surface area (Å²) >= 11 is 0. The Balaban J connectivity index is 1.80. The third-order valence-corrected chi connectivity index (χ3v) is 3.32. The highest BCUT2D eigenvalue weighted by atomic mass is 19.4.